The highest BCUT2D eigenvalue weighted by atomic mass is 35.5. The molecule has 0 aliphatic carbocycles. The molecule has 0 saturated carbocycles. The van der Waals surface area contributed by atoms with Gasteiger partial charge in [-0.05, 0) is 18.2 Å². The maximum atomic E-state index is 6.07. The van der Waals surface area contributed by atoms with E-state index in [-0.39, 0.29) is 0 Å². The van der Waals surface area contributed by atoms with Gasteiger partial charge in [0.15, 0.2) is 0 Å². The van der Waals surface area contributed by atoms with Crippen molar-refractivity contribution in [3.05, 3.63) is 41.6 Å². The molecule has 2 heterocycles. The van der Waals surface area contributed by atoms with Gasteiger partial charge < -0.3 is 4.42 Å². The highest BCUT2D eigenvalue weighted by molar-refractivity contribution is 6.33. The minimum Gasteiger partial charge on any atom is -0.414 e. The Hall–Kier alpha value is -2.14. The van der Waals surface area contributed by atoms with Crippen LogP contribution in [0.25, 0.3) is 23.0 Å². The average Bonchev–Trinajstić information content (AvgIpc) is 2.98. The molecule has 0 aliphatic rings. The Morgan fingerprint density at radius 1 is 1.11 bits per heavy atom. The van der Waals surface area contributed by atoms with Crippen molar-refractivity contribution >= 4 is 11.6 Å². The van der Waals surface area contributed by atoms with Gasteiger partial charge in [0.2, 0.25) is 5.89 Å². The summed E-state index contributed by atoms with van der Waals surface area (Å²) in [6, 6.07) is 9.14. The zero-order valence-corrected chi connectivity index (χ0v) is 10.3. The van der Waals surface area contributed by atoms with Gasteiger partial charge >= 0.3 is 0 Å². The van der Waals surface area contributed by atoms with Gasteiger partial charge in [-0.1, -0.05) is 23.7 Å². The molecule has 0 N–H and O–H groups in total. The number of aryl methyl sites for hydroxylation is 1. The van der Waals surface area contributed by atoms with Gasteiger partial charge in [-0.25, -0.2) is 0 Å². The zero-order chi connectivity index (χ0) is 12.5. The average molecular weight is 261 g/mol. The van der Waals surface area contributed by atoms with E-state index in [1.807, 2.05) is 37.5 Å². The van der Waals surface area contributed by atoms with E-state index in [9.17, 15) is 0 Å². The summed E-state index contributed by atoms with van der Waals surface area (Å²) in [5.74, 6) is 0.770. The van der Waals surface area contributed by atoms with Crippen LogP contribution in [0, 0.1) is 0 Å². The molecule has 0 fully saturated rings. The molecular weight excluding hydrogens is 252 g/mol. The van der Waals surface area contributed by atoms with Crippen molar-refractivity contribution in [2.24, 2.45) is 7.05 Å². The van der Waals surface area contributed by atoms with Gasteiger partial charge in [-0.3, -0.25) is 4.68 Å². The van der Waals surface area contributed by atoms with E-state index >= 15 is 0 Å². The molecule has 18 heavy (non-hydrogen) atoms. The first-order valence-corrected chi connectivity index (χ1v) is 5.70. The lowest BCUT2D eigenvalue weighted by atomic mass is 10.2. The quantitative estimate of drug-likeness (QED) is 0.711. The van der Waals surface area contributed by atoms with Crippen LogP contribution in [0.3, 0.4) is 0 Å². The van der Waals surface area contributed by atoms with E-state index in [4.69, 9.17) is 16.0 Å². The number of hydrogen-bond acceptors (Lipinski definition) is 4. The molecule has 0 radical (unpaired) electrons. The first-order chi connectivity index (χ1) is 8.74. The summed E-state index contributed by atoms with van der Waals surface area (Å²) in [4.78, 5) is 0. The monoisotopic (exact) mass is 260 g/mol. The standard InChI is InChI=1S/C12H9ClN4O/c1-17-7-6-10(16-17)12-15-14-11(18-12)8-4-2-3-5-9(8)13/h2-7H,1H3. The van der Waals surface area contributed by atoms with Crippen molar-refractivity contribution in [2.75, 3.05) is 0 Å². The van der Waals surface area contributed by atoms with Crippen LogP contribution >= 0.6 is 11.6 Å². The van der Waals surface area contributed by atoms with Gasteiger partial charge in [0.1, 0.15) is 5.69 Å². The summed E-state index contributed by atoms with van der Waals surface area (Å²) in [5, 5.41) is 12.7. The lowest BCUT2D eigenvalue weighted by molar-refractivity contribution is 0.580. The molecule has 0 atom stereocenters. The molecule has 0 spiro atoms. The third-order valence-electron chi connectivity index (χ3n) is 2.46. The van der Waals surface area contributed by atoms with Gasteiger partial charge in [-0.2, -0.15) is 5.10 Å². The molecule has 90 valence electrons. The maximum Gasteiger partial charge on any atom is 0.268 e. The highest BCUT2D eigenvalue weighted by Gasteiger charge is 2.14. The van der Waals surface area contributed by atoms with Crippen LogP contribution in [0.1, 0.15) is 0 Å². The number of rotatable bonds is 2. The van der Waals surface area contributed by atoms with E-state index in [0.717, 1.165) is 0 Å². The van der Waals surface area contributed by atoms with Gasteiger partial charge in [0.25, 0.3) is 5.89 Å². The van der Waals surface area contributed by atoms with Gasteiger partial charge in [0.05, 0.1) is 10.6 Å². The summed E-state index contributed by atoms with van der Waals surface area (Å²) >= 11 is 6.07. The SMILES string of the molecule is Cn1ccc(-c2nnc(-c3ccccc3Cl)o2)n1. The molecule has 6 heteroatoms. The summed E-state index contributed by atoms with van der Waals surface area (Å²) in [7, 11) is 1.83. The second kappa shape index (κ2) is 4.27. The van der Waals surface area contributed by atoms with E-state index in [1.165, 1.54) is 0 Å². The Labute approximate surface area is 108 Å². The van der Waals surface area contributed by atoms with Crippen LogP contribution in [0.2, 0.25) is 5.02 Å². The summed E-state index contributed by atoms with van der Waals surface area (Å²) in [6.07, 6.45) is 1.81. The lowest BCUT2D eigenvalue weighted by Gasteiger charge is -1.96. The third kappa shape index (κ3) is 1.89. The number of benzene rings is 1. The normalized spacial score (nSPS) is 10.8. The fourth-order valence-corrected chi connectivity index (χ4v) is 1.82. The first kappa shape index (κ1) is 11.0. The third-order valence-corrected chi connectivity index (χ3v) is 2.79. The number of hydrogen-bond donors (Lipinski definition) is 0. The van der Waals surface area contributed by atoms with Crippen LogP contribution in [-0.4, -0.2) is 20.0 Å². The summed E-state index contributed by atoms with van der Waals surface area (Å²) in [5.41, 5.74) is 1.36. The predicted octanol–water partition coefficient (Wildman–Crippen LogP) is 2.79. The summed E-state index contributed by atoms with van der Waals surface area (Å²) in [6.45, 7) is 0. The second-order valence-electron chi connectivity index (χ2n) is 3.77. The topological polar surface area (TPSA) is 56.7 Å². The van der Waals surface area contributed by atoms with E-state index in [1.54, 1.807) is 10.7 Å². The maximum absolute atomic E-state index is 6.07. The smallest absolute Gasteiger partial charge is 0.268 e. The van der Waals surface area contributed by atoms with E-state index in [0.29, 0.717) is 28.1 Å². The van der Waals surface area contributed by atoms with Crippen molar-refractivity contribution in [3.8, 4) is 23.0 Å². The molecule has 3 rings (SSSR count). The molecule has 0 aliphatic heterocycles. The fraction of sp³-hybridized carbons (Fsp3) is 0.0833. The van der Waals surface area contributed by atoms with Crippen LogP contribution < -0.4 is 0 Å². The Balaban J connectivity index is 2.02. The largest absolute Gasteiger partial charge is 0.414 e. The molecule has 0 saturated heterocycles. The predicted molar refractivity (Wildman–Crippen MR) is 66.9 cm³/mol. The minimum absolute atomic E-state index is 0.380. The Bertz CT molecular complexity index is 689. The number of aromatic nitrogens is 4. The van der Waals surface area contributed by atoms with Crippen LogP contribution in [0.5, 0.6) is 0 Å². The molecule has 2 aromatic heterocycles. The second-order valence-corrected chi connectivity index (χ2v) is 4.17. The molecule has 1 aromatic carbocycles. The first-order valence-electron chi connectivity index (χ1n) is 5.32. The van der Waals surface area contributed by atoms with Crippen LogP contribution in [-0.2, 0) is 7.05 Å². The molecule has 3 aromatic rings. The van der Waals surface area contributed by atoms with Crippen molar-refractivity contribution in [3.63, 3.8) is 0 Å². The van der Waals surface area contributed by atoms with Crippen LogP contribution in [0.15, 0.2) is 40.9 Å². The Morgan fingerprint density at radius 2 is 1.89 bits per heavy atom. The fourth-order valence-electron chi connectivity index (χ4n) is 1.60. The van der Waals surface area contributed by atoms with Crippen molar-refractivity contribution in [1.82, 2.24) is 20.0 Å². The number of nitrogens with zero attached hydrogens (tertiary/aromatic N) is 4. The van der Waals surface area contributed by atoms with E-state index < -0.39 is 0 Å². The summed E-state index contributed by atoms with van der Waals surface area (Å²) < 4.78 is 7.24. The van der Waals surface area contributed by atoms with Crippen molar-refractivity contribution in [2.45, 2.75) is 0 Å². The van der Waals surface area contributed by atoms with Crippen LogP contribution in [0.4, 0.5) is 0 Å². The highest BCUT2D eigenvalue weighted by Crippen LogP contribution is 2.28. The van der Waals surface area contributed by atoms with E-state index in [2.05, 4.69) is 15.3 Å². The molecule has 0 amide bonds. The number of halogens is 1. The van der Waals surface area contributed by atoms with Gasteiger partial charge in [-0.15, -0.1) is 10.2 Å². The lowest BCUT2D eigenvalue weighted by Crippen LogP contribution is -1.87. The minimum atomic E-state index is 0.380. The van der Waals surface area contributed by atoms with Gasteiger partial charge in [0, 0.05) is 13.2 Å². The van der Waals surface area contributed by atoms with Crippen molar-refractivity contribution in [1.29, 1.82) is 0 Å². The molecule has 0 unspecified atom stereocenters. The Kier molecular flexibility index (Phi) is 2.60. The Morgan fingerprint density at radius 3 is 2.61 bits per heavy atom. The molecule has 0 bridgehead atoms. The molecule has 5 nitrogen and oxygen atoms in total. The molecular formula is C12H9ClN4O. The van der Waals surface area contributed by atoms with Crippen molar-refractivity contribution < 1.29 is 4.42 Å². The zero-order valence-electron chi connectivity index (χ0n) is 9.54.